The summed E-state index contributed by atoms with van der Waals surface area (Å²) in [6.45, 7) is 4.95. The van der Waals surface area contributed by atoms with E-state index in [1.54, 1.807) is 0 Å². The van der Waals surface area contributed by atoms with E-state index in [1.165, 1.54) is 24.8 Å². The number of benzene rings is 1. The first-order valence-corrected chi connectivity index (χ1v) is 8.49. The normalized spacial score (nSPS) is 16.9. The zero-order valence-electron chi connectivity index (χ0n) is 12.9. The summed E-state index contributed by atoms with van der Waals surface area (Å²) in [6, 6.07) is 6.24. The third kappa shape index (κ3) is 2.32. The summed E-state index contributed by atoms with van der Waals surface area (Å²) in [5.74, 6) is 2.59. The van der Waals surface area contributed by atoms with Crippen LogP contribution < -0.4 is 4.74 Å². The number of halogens is 1. The zero-order chi connectivity index (χ0) is 14.9. The van der Waals surface area contributed by atoms with Crippen LogP contribution in [0.4, 0.5) is 0 Å². The lowest BCUT2D eigenvalue weighted by Gasteiger charge is -2.44. The minimum Gasteiger partial charge on any atom is -0.492 e. The van der Waals surface area contributed by atoms with E-state index in [4.69, 9.17) is 21.3 Å². The third-order valence-electron chi connectivity index (χ3n) is 4.75. The van der Waals surface area contributed by atoms with Crippen LogP contribution >= 0.6 is 11.6 Å². The smallest absolute Gasteiger partial charge is 0.147 e. The average molecular weight is 307 g/mol. The number of fused-ring (bicyclic) bond motifs is 1. The molecule has 3 nitrogen and oxygen atoms in total. The van der Waals surface area contributed by atoms with Gasteiger partial charge in [0.25, 0.3) is 0 Å². The standard InChI is InChI=1S/C17H23ClN2O/c1-3-17(10-6-11-17)20-13-7-5-8-14(21-4-2)16(13)19-15(20)9-12-18/h5,7-8H,3-4,6,9-12H2,1-2H3. The SMILES string of the molecule is CCOc1cccc2c1nc(CCCl)n2C1(CC)CCC1. The van der Waals surface area contributed by atoms with Crippen LogP contribution in [0.3, 0.4) is 0 Å². The van der Waals surface area contributed by atoms with Crippen molar-refractivity contribution in [2.45, 2.75) is 51.5 Å². The Kier molecular flexibility index (Phi) is 4.12. The van der Waals surface area contributed by atoms with E-state index >= 15 is 0 Å². The third-order valence-corrected chi connectivity index (χ3v) is 4.94. The molecule has 1 saturated carbocycles. The second-order valence-corrected chi connectivity index (χ2v) is 6.17. The van der Waals surface area contributed by atoms with E-state index in [0.717, 1.165) is 29.9 Å². The highest BCUT2D eigenvalue weighted by atomic mass is 35.5. The van der Waals surface area contributed by atoms with Crippen molar-refractivity contribution < 1.29 is 4.74 Å². The number of para-hydroxylation sites is 1. The second-order valence-electron chi connectivity index (χ2n) is 5.79. The van der Waals surface area contributed by atoms with Crippen LogP contribution in [0, 0.1) is 0 Å². The molecule has 1 fully saturated rings. The Morgan fingerprint density at radius 1 is 1.33 bits per heavy atom. The minimum atomic E-state index is 0.237. The van der Waals surface area contributed by atoms with E-state index in [1.807, 2.05) is 13.0 Å². The minimum absolute atomic E-state index is 0.237. The van der Waals surface area contributed by atoms with E-state index in [-0.39, 0.29) is 5.54 Å². The van der Waals surface area contributed by atoms with E-state index < -0.39 is 0 Å². The predicted molar refractivity (Wildman–Crippen MR) is 87.4 cm³/mol. The first-order chi connectivity index (χ1) is 10.3. The molecule has 1 aliphatic carbocycles. The van der Waals surface area contributed by atoms with Crippen molar-refractivity contribution in [1.82, 2.24) is 9.55 Å². The van der Waals surface area contributed by atoms with Gasteiger partial charge in [-0.25, -0.2) is 4.98 Å². The van der Waals surface area contributed by atoms with Crippen LogP contribution in [0.25, 0.3) is 11.0 Å². The first kappa shape index (κ1) is 14.7. The number of nitrogens with zero attached hydrogens (tertiary/aromatic N) is 2. The molecule has 0 aliphatic heterocycles. The maximum absolute atomic E-state index is 6.01. The first-order valence-electron chi connectivity index (χ1n) is 7.95. The molecule has 21 heavy (non-hydrogen) atoms. The molecular weight excluding hydrogens is 284 g/mol. The van der Waals surface area contributed by atoms with Gasteiger partial charge in [-0.05, 0) is 44.7 Å². The van der Waals surface area contributed by atoms with E-state index in [2.05, 4.69) is 23.6 Å². The van der Waals surface area contributed by atoms with Crippen LogP contribution in [0.5, 0.6) is 5.75 Å². The van der Waals surface area contributed by atoms with Gasteiger partial charge in [-0.2, -0.15) is 0 Å². The molecule has 0 N–H and O–H groups in total. The van der Waals surface area contributed by atoms with Gasteiger partial charge in [0.2, 0.25) is 0 Å². The number of hydrogen-bond acceptors (Lipinski definition) is 2. The van der Waals surface area contributed by atoms with Gasteiger partial charge in [0, 0.05) is 17.8 Å². The highest BCUT2D eigenvalue weighted by Gasteiger charge is 2.39. The molecule has 114 valence electrons. The molecule has 0 atom stereocenters. The number of hydrogen-bond donors (Lipinski definition) is 0. The summed E-state index contributed by atoms with van der Waals surface area (Å²) in [5, 5.41) is 0. The lowest BCUT2D eigenvalue weighted by atomic mass is 9.74. The van der Waals surface area contributed by atoms with Crippen LogP contribution in [0.1, 0.15) is 45.4 Å². The Morgan fingerprint density at radius 3 is 2.71 bits per heavy atom. The van der Waals surface area contributed by atoms with Gasteiger partial charge in [-0.1, -0.05) is 13.0 Å². The molecule has 1 heterocycles. The van der Waals surface area contributed by atoms with Crippen molar-refractivity contribution >= 4 is 22.6 Å². The van der Waals surface area contributed by atoms with Crippen molar-refractivity contribution in [2.75, 3.05) is 12.5 Å². The molecule has 0 spiro atoms. The van der Waals surface area contributed by atoms with Crippen molar-refractivity contribution in [3.63, 3.8) is 0 Å². The topological polar surface area (TPSA) is 27.1 Å². The van der Waals surface area contributed by atoms with Gasteiger partial charge in [-0.3, -0.25) is 0 Å². The highest BCUT2D eigenvalue weighted by Crippen LogP contribution is 2.45. The molecule has 0 amide bonds. The van der Waals surface area contributed by atoms with Crippen molar-refractivity contribution in [2.24, 2.45) is 0 Å². The average Bonchev–Trinajstić information content (AvgIpc) is 2.80. The number of ether oxygens (including phenoxy) is 1. The van der Waals surface area contributed by atoms with Crippen molar-refractivity contribution in [3.05, 3.63) is 24.0 Å². The van der Waals surface area contributed by atoms with E-state index in [9.17, 15) is 0 Å². The van der Waals surface area contributed by atoms with Crippen LogP contribution in [-0.2, 0) is 12.0 Å². The molecule has 1 aromatic carbocycles. The summed E-state index contributed by atoms with van der Waals surface area (Å²) in [7, 11) is 0. The molecule has 0 bridgehead atoms. The number of rotatable bonds is 6. The number of imidazole rings is 1. The molecule has 1 aromatic heterocycles. The number of alkyl halides is 1. The molecule has 0 saturated heterocycles. The Labute approximate surface area is 131 Å². The highest BCUT2D eigenvalue weighted by molar-refractivity contribution is 6.17. The second kappa shape index (κ2) is 5.88. The van der Waals surface area contributed by atoms with Gasteiger partial charge in [0.15, 0.2) is 0 Å². The van der Waals surface area contributed by atoms with Gasteiger partial charge in [0.05, 0.1) is 12.1 Å². The largest absolute Gasteiger partial charge is 0.492 e. The summed E-state index contributed by atoms with van der Waals surface area (Å²) in [4.78, 5) is 4.87. The van der Waals surface area contributed by atoms with Crippen LogP contribution in [0.15, 0.2) is 18.2 Å². The lowest BCUT2D eigenvalue weighted by Crippen LogP contribution is -2.41. The van der Waals surface area contributed by atoms with Gasteiger partial charge in [-0.15, -0.1) is 11.6 Å². The van der Waals surface area contributed by atoms with Crippen LogP contribution in [0.2, 0.25) is 0 Å². The monoisotopic (exact) mass is 306 g/mol. The van der Waals surface area contributed by atoms with Crippen molar-refractivity contribution in [1.29, 1.82) is 0 Å². The fraction of sp³-hybridized carbons (Fsp3) is 0.588. The molecule has 0 radical (unpaired) electrons. The molecule has 0 unspecified atom stereocenters. The summed E-state index contributed by atoms with van der Waals surface area (Å²) in [5.41, 5.74) is 2.42. The van der Waals surface area contributed by atoms with E-state index in [0.29, 0.717) is 12.5 Å². The quantitative estimate of drug-likeness (QED) is 0.734. The molecule has 3 rings (SSSR count). The van der Waals surface area contributed by atoms with Gasteiger partial charge >= 0.3 is 0 Å². The van der Waals surface area contributed by atoms with Gasteiger partial charge < -0.3 is 9.30 Å². The number of aryl methyl sites for hydroxylation is 1. The summed E-state index contributed by atoms with van der Waals surface area (Å²) in [6.07, 6.45) is 5.74. The Balaban J connectivity index is 2.20. The Morgan fingerprint density at radius 2 is 2.14 bits per heavy atom. The molecule has 1 aliphatic rings. The fourth-order valence-electron chi connectivity index (χ4n) is 3.50. The molecule has 4 heteroatoms. The zero-order valence-corrected chi connectivity index (χ0v) is 13.6. The summed E-state index contributed by atoms with van der Waals surface area (Å²) >= 11 is 6.01. The fourth-order valence-corrected chi connectivity index (χ4v) is 3.66. The predicted octanol–water partition coefficient (Wildman–Crippen LogP) is 4.51. The lowest BCUT2D eigenvalue weighted by molar-refractivity contribution is 0.137. The molecule has 2 aromatic rings. The Hall–Kier alpha value is -1.22. The van der Waals surface area contributed by atoms with Crippen molar-refractivity contribution in [3.8, 4) is 5.75 Å². The molecular formula is C17H23ClN2O. The number of aromatic nitrogens is 2. The van der Waals surface area contributed by atoms with Crippen LogP contribution in [-0.4, -0.2) is 22.0 Å². The maximum Gasteiger partial charge on any atom is 0.147 e. The Bertz CT molecular complexity index is 625. The maximum atomic E-state index is 6.01. The summed E-state index contributed by atoms with van der Waals surface area (Å²) < 4.78 is 8.21. The van der Waals surface area contributed by atoms with Gasteiger partial charge in [0.1, 0.15) is 17.1 Å².